The molecule has 2 aromatic rings. The zero-order valence-electron chi connectivity index (χ0n) is 14.6. The van der Waals surface area contributed by atoms with Gasteiger partial charge < -0.3 is 14.6 Å². The first kappa shape index (κ1) is 18.9. The number of para-hydroxylation sites is 1. The van der Waals surface area contributed by atoms with Gasteiger partial charge in [0.1, 0.15) is 0 Å². The number of amides is 1. The van der Waals surface area contributed by atoms with Crippen LogP contribution in [0.3, 0.4) is 0 Å². The van der Waals surface area contributed by atoms with Gasteiger partial charge in [-0.15, -0.1) is 0 Å². The Kier molecular flexibility index (Phi) is 6.52. The van der Waals surface area contributed by atoms with Crippen LogP contribution < -0.4 is 10.2 Å². The van der Waals surface area contributed by atoms with E-state index in [0.29, 0.717) is 0 Å². The number of anilines is 1. The molecule has 0 spiro atoms. The van der Waals surface area contributed by atoms with Gasteiger partial charge >= 0.3 is 10.8 Å². The summed E-state index contributed by atoms with van der Waals surface area (Å²) in [5.74, 6) is -0.880. The molecule has 0 radical (unpaired) electrons. The van der Waals surface area contributed by atoms with Gasteiger partial charge in [-0.25, -0.2) is 0 Å². The fraction of sp³-hybridized carbons (Fsp3) is 0.389. The second-order valence-electron chi connectivity index (χ2n) is 5.72. The fourth-order valence-corrected chi connectivity index (χ4v) is 3.23. The molecule has 0 aliphatic heterocycles. The maximum absolute atomic E-state index is 12.0. The van der Waals surface area contributed by atoms with Crippen molar-refractivity contribution >= 4 is 28.9 Å². The summed E-state index contributed by atoms with van der Waals surface area (Å²) >= 11 is 1.10. The Morgan fingerprint density at radius 2 is 2.04 bits per heavy atom. The maximum atomic E-state index is 12.0. The van der Waals surface area contributed by atoms with Crippen LogP contribution in [0.15, 0.2) is 28.4 Å². The predicted octanol–water partition coefficient (Wildman–Crippen LogP) is 2.66. The van der Waals surface area contributed by atoms with E-state index in [1.165, 1.54) is 4.57 Å². The molecule has 0 fully saturated rings. The van der Waals surface area contributed by atoms with Gasteiger partial charge in [0, 0.05) is 23.3 Å². The third kappa shape index (κ3) is 5.03. The number of nitrogens with one attached hydrogen (secondary N) is 1. The molecule has 0 bridgehead atoms. The largest absolute Gasteiger partial charge is 0.456 e. The number of thiazole rings is 1. The lowest BCUT2D eigenvalue weighted by molar-refractivity contribution is -0.147. The van der Waals surface area contributed by atoms with Crippen LogP contribution in [0.1, 0.15) is 30.2 Å². The number of ether oxygens (including phenoxy) is 1. The lowest BCUT2D eigenvalue weighted by Gasteiger charge is -2.13. The Hall–Kier alpha value is -2.41. The van der Waals surface area contributed by atoms with Crippen LogP contribution in [0, 0.1) is 13.8 Å². The minimum absolute atomic E-state index is 0.0509. The van der Waals surface area contributed by atoms with Crippen molar-refractivity contribution < 1.29 is 14.3 Å². The molecule has 0 saturated heterocycles. The molecule has 0 atom stereocenters. The van der Waals surface area contributed by atoms with Crippen molar-refractivity contribution in [1.82, 2.24) is 4.57 Å². The van der Waals surface area contributed by atoms with Gasteiger partial charge in [0.25, 0.3) is 5.91 Å². The number of esters is 1. The van der Waals surface area contributed by atoms with Crippen molar-refractivity contribution in [3.05, 3.63) is 50.1 Å². The molecule has 1 N–H and O–H groups in total. The van der Waals surface area contributed by atoms with E-state index in [4.69, 9.17) is 4.74 Å². The van der Waals surface area contributed by atoms with E-state index >= 15 is 0 Å². The Labute approximate surface area is 150 Å². The Balaban J connectivity index is 1.84. The molecule has 0 unspecified atom stereocenters. The van der Waals surface area contributed by atoms with Gasteiger partial charge in [-0.2, -0.15) is 0 Å². The van der Waals surface area contributed by atoms with Crippen molar-refractivity contribution in [3.8, 4) is 0 Å². The smallest absolute Gasteiger partial charge is 0.308 e. The molecule has 0 aliphatic carbocycles. The number of carbonyl (C=O) groups is 2. The monoisotopic (exact) mass is 362 g/mol. The van der Waals surface area contributed by atoms with E-state index in [9.17, 15) is 14.4 Å². The van der Waals surface area contributed by atoms with Crippen molar-refractivity contribution in [2.24, 2.45) is 0 Å². The number of hydrogen-bond acceptors (Lipinski definition) is 5. The van der Waals surface area contributed by atoms with Gasteiger partial charge in [0.2, 0.25) is 0 Å². The molecule has 0 saturated carbocycles. The molecule has 1 aromatic carbocycles. The molecule has 25 heavy (non-hydrogen) atoms. The summed E-state index contributed by atoms with van der Waals surface area (Å²) in [6.07, 6.45) is 0.848. The van der Waals surface area contributed by atoms with Crippen molar-refractivity contribution in [1.29, 1.82) is 0 Å². The average Bonchev–Trinajstić information content (AvgIpc) is 2.91. The number of aromatic nitrogens is 1. The van der Waals surface area contributed by atoms with Gasteiger partial charge in [-0.05, 0) is 31.4 Å². The summed E-state index contributed by atoms with van der Waals surface area (Å²) in [6, 6.07) is 5.81. The van der Waals surface area contributed by atoms with Crippen LogP contribution in [0.25, 0.3) is 0 Å². The number of hydrogen-bond donors (Lipinski definition) is 1. The number of benzene rings is 1. The highest BCUT2D eigenvalue weighted by Crippen LogP contribution is 2.20. The molecule has 7 heteroatoms. The van der Waals surface area contributed by atoms with Crippen LogP contribution in [0.4, 0.5) is 5.69 Å². The van der Waals surface area contributed by atoms with Crippen LogP contribution >= 0.6 is 11.3 Å². The first-order valence-corrected chi connectivity index (χ1v) is 8.99. The minimum Gasteiger partial charge on any atom is -0.456 e. The second kappa shape index (κ2) is 8.62. The average molecular weight is 362 g/mol. The molecule has 1 aromatic heterocycles. The van der Waals surface area contributed by atoms with Gasteiger partial charge in [-0.1, -0.05) is 36.5 Å². The Morgan fingerprint density at radius 3 is 2.68 bits per heavy atom. The molecule has 0 aliphatic rings. The first-order chi connectivity index (χ1) is 11.9. The third-order valence-electron chi connectivity index (χ3n) is 3.88. The summed E-state index contributed by atoms with van der Waals surface area (Å²) in [7, 11) is 0. The third-order valence-corrected chi connectivity index (χ3v) is 4.77. The maximum Gasteiger partial charge on any atom is 0.308 e. The Morgan fingerprint density at radius 1 is 1.28 bits per heavy atom. The number of nitrogens with zero attached hydrogens (tertiary/aromatic N) is 1. The predicted molar refractivity (Wildman–Crippen MR) is 98.1 cm³/mol. The van der Waals surface area contributed by atoms with E-state index in [-0.39, 0.29) is 30.4 Å². The quantitative estimate of drug-likeness (QED) is 0.768. The summed E-state index contributed by atoms with van der Waals surface area (Å²) in [6.45, 7) is 5.66. The summed E-state index contributed by atoms with van der Waals surface area (Å²) in [5.41, 5.74) is 3.58. The van der Waals surface area contributed by atoms with E-state index in [1.807, 2.05) is 39.0 Å². The van der Waals surface area contributed by atoms with Crippen molar-refractivity contribution in [2.75, 3.05) is 11.9 Å². The summed E-state index contributed by atoms with van der Waals surface area (Å²) in [4.78, 5) is 35.3. The van der Waals surface area contributed by atoms with Gasteiger partial charge in [-0.3, -0.25) is 14.4 Å². The highest BCUT2D eigenvalue weighted by atomic mass is 32.1. The first-order valence-electron chi connectivity index (χ1n) is 8.11. The molecular weight excluding hydrogens is 340 g/mol. The summed E-state index contributed by atoms with van der Waals surface area (Å²) in [5, 5.41) is 4.55. The van der Waals surface area contributed by atoms with Gasteiger partial charge in [0.15, 0.2) is 6.61 Å². The number of aryl methyl sites for hydroxylation is 3. The fourth-order valence-electron chi connectivity index (χ4n) is 2.47. The summed E-state index contributed by atoms with van der Waals surface area (Å²) < 4.78 is 6.53. The van der Waals surface area contributed by atoms with Gasteiger partial charge in [0.05, 0.1) is 6.42 Å². The van der Waals surface area contributed by atoms with E-state index in [2.05, 4.69) is 5.32 Å². The molecular formula is C18H22N2O4S. The van der Waals surface area contributed by atoms with Crippen LogP contribution in [-0.4, -0.2) is 23.1 Å². The molecule has 6 nitrogen and oxygen atoms in total. The molecule has 1 heterocycles. The Bertz CT molecular complexity index is 823. The highest BCUT2D eigenvalue weighted by Gasteiger charge is 2.12. The van der Waals surface area contributed by atoms with Crippen LogP contribution in [0.5, 0.6) is 0 Å². The topological polar surface area (TPSA) is 77.4 Å². The minimum atomic E-state index is -0.506. The van der Waals surface area contributed by atoms with Crippen molar-refractivity contribution in [2.45, 2.75) is 40.2 Å². The lowest BCUT2D eigenvalue weighted by Crippen LogP contribution is -2.23. The zero-order chi connectivity index (χ0) is 18.4. The zero-order valence-corrected chi connectivity index (χ0v) is 15.4. The van der Waals surface area contributed by atoms with Crippen molar-refractivity contribution in [3.63, 3.8) is 0 Å². The standard InChI is InChI=1S/C18H22N2O4S/c1-4-14-7-5-6-12(2)17(14)19-15(21)10-24-16(22)8-9-20-13(3)11-25-18(20)23/h5-7,11H,4,8-10H2,1-3H3,(H,19,21). The second-order valence-corrected chi connectivity index (χ2v) is 6.54. The van der Waals surface area contributed by atoms with Crippen LogP contribution in [-0.2, 0) is 27.3 Å². The molecule has 134 valence electrons. The molecule has 2 rings (SSSR count). The molecule has 1 amide bonds. The van der Waals surface area contributed by atoms with Crippen LogP contribution in [0.2, 0.25) is 0 Å². The van der Waals surface area contributed by atoms with E-state index in [1.54, 1.807) is 5.38 Å². The van der Waals surface area contributed by atoms with E-state index in [0.717, 1.165) is 40.3 Å². The number of carbonyl (C=O) groups excluding carboxylic acids is 2. The lowest BCUT2D eigenvalue weighted by atomic mass is 10.1. The van der Waals surface area contributed by atoms with E-state index < -0.39 is 5.97 Å². The highest BCUT2D eigenvalue weighted by molar-refractivity contribution is 7.07. The SMILES string of the molecule is CCc1cccc(C)c1NC(=O)COC(=O)CCn1c(C)csc1=O. The normalized spacial score (nSPS) is 10.5. The number of rotatable bonds is 7.